The number of nitrogens with zero attached hydrogens (tertiary/aromatic N) is 3. The molecular formula is C30H38N4O3S. The monoisotopic (exact) mass is 534 g/mol. The molecule has 38 heavy (non-hydrogen) atoms. The van der Waals surface area contributed by atoms with E-state index in [1.54, 1.807) is 23.8 Å². The van der Waals surface area contributed by atoms with Gasteiger partial charge in [0, 0.05) is 23.1 Å². The number of carbonyl (C=O) groups is 2. The Morgan fingerprint density at radius 2 is 1.92 bits per heavy atom. The maximum atomic E-state index is 13.8. The molecule has 202 valence electrons. The zero-order valence-electron chi connectivity index (χ0n) is 23.4. The number of thioether (sulfide) groups is 1. The standard InChI is InChI=1S/C30H38N4O3S/c1-8-15-31-24(35)17-33-25(36)18-38-27(21-11-9-10-12-23(21)37-7)26-28(30(4,5)6)32-34(29(26)33)22-14-13-19(2)16-20(22)3/h9-14,16,27H,8,15,17-18H2,1-7H3,(H,31,35)/t27-/m1/s1. The molecule has 2 amide bonds. The highest BCUT2D eigenvalue weighted by molar-refractivity contribution is 8.00. The predicted molar refractivity (Wildman–Crippen MR) is 155 cm³/mol. The lowest BCUT2D eigenvalue weighted by Crippen LogP contribution is -2.42. The molecule has 1 atom stereocenters. The van der Waals surface area contributed by atoms with E-state index < -0.39 is 0 Å². The second kappa shape index (κ2) is 11.2. The van der Waals surface area contributed by atoms with E-state index >= 15 is 0 Å². The Bertz CT molecular complexity index is 1340. The average molecular weight is 535 g/mol. The summed E-state index contributed by atoms with van der Waals surface area (Å²) in [7, 11) is 1.67. The molecule has 0 aliphatic carbocycles. The van der Waals surface area contributed by atoms with Crippen molar-refractivity contribution in [2.75, 3.05) is 30.9 Å². The summed E-state index contributed by atoms with van der Waals surface area (Å²) in [6, 6.07) is 14.1. The van der Waals surface area contributed by atoms with Crippen LogP contribution in [0, 0.1) is 13.8 Å². The van der Waals surface area contributed by atoms with Crippen LogP contribution in [0.2, 0.25) is 0 Å². The molecular weight excluding hydrogens is 496 g/mol. The molecule has 0 radical (unpaired) electrons. The van der Waals surface area contributed by atoms with Crippen LogP contribution in [0.3, 0.4) is 0 Å². The smallest absolute Gasteiger partial charge is 0.240 e. The van der Waals surface area contributed by atoms with Crippen LogP contribution in [0.4, 0.5) is 5.82 Å². The maximum absolute atomic E-state index is 13.8. The fraction of sp³-hybridized carbons (Fsp3) is 0.433. The number of methoxy groups -OCH3 is 1. The van der Waals surface area contributed by atoms with Gasteiger partial charge in [0.05, 0.1) is 29.5 Å². The van der Waals surface area contributed by atoms with Gasteiger partial charge in [-0.3, -0.25) is 14.5 Å². The van der Waals surface area contributed by atoms with Crippen LogP contribution in [0.5, 0.6) is 5.75 Å². The van der Waals surface area contributed by atoms with Crippen molar-refractivity contribution in [1.29, 1.82) is 0 Å². The summed E-state index contributed by atoms with van der Waals surface area (Å²) >= 11 is 1.56. The van der Waals surface area contributed by atoms with Gasteiger partial charge in [-0.1, -0.05) is 63.6 Å². The molecule has 0 saturated carbocycles. The minimum absolute atomic E-state index is 0.0643. The summed E-state index contributed by atoms with van der Waals surface area (Å²) in [6.07, 6.45) is 0.825. The normalized spacial score (nSPS) is 15.7. The molecule has 0 spiro atoms. The third-order valence-corrected chi connectivity index (χ3v) is 7.91. The van der Waals surface area contributed by atoms with E-state index in [-0.39, 0.29) is 34.8 Å². The lowest BCUT2D eigenvalue weighted by molar-refractivity contribution is -0.122. The van der Waals surface area contributed by atoms with Gasteiger partial charge >= 0.3 is 0 Å². The molecule has 1 N–H and O–H groups in total. The number of hydrogen-bond donors (Lipinski definition) is 1. The Hall–Kier alpha value is -3.26. The summed E-state index contributed by atoms with van der Waals surface area (Å²) in [5.74, 6) is 1.34. The first-order valence-corrected chi connectivity index (χ1v) is 14.1. The van der Waals surface area contributed by atoms with Crippen molar-refractivity contribution in [3.8, 4) is 11.4 Å². The summed E-state index contributed by atoms with van der Waals surface area (Å²) in [4.78, 5) is 28.4. The molecule has 0 unspecified atom stereocenters. The SMILES string of the molecule is CCCNC(=O)CN1C(=O)CS[C@H](c2ccccc2OC)c2c(C(C)(C)C)nn(-c3ccc(C)cc3C)c21. The summed E-state index contributed by atoms with van der Waals surface area (Å²) < 4.78 is 7.64. The third-order valence-electron chi connectivity index (χ3n) is 6.68. The van der Waals surface area contributed by atoms with Gasteiger partial charge in [-0.05, 0) is 38.0 Å². The highest BCUT2D eigenvalue weighted by Crippen LogP contribution is 2.50. The van der Waals surface area contributed by atoms with Crippen molar-refractivity contribution < 1.29 is 14.3 Å². The van der Waals surface area contributed by atoms with E-state index in [0.717, 1.165) is 45.8 Å². The zero-order valence-corrected chi connectivity index (χ0v) is 24.2. The van der Waals surface area contributed by atoms with Crippen LogP contribution in [-0.4, -0.2) is 47.5 Å². The van der Waals surface area contributed by atoms with Gasteiger partial charge < -0.3 is 10.1 Å². The molecule has 4 rings (SSSR count). The average Bonchev–Trinajstić information content (AvgIpc) is 3.20. The summed E-state index contributed by atoms with van der Waals surface area (Å²) in [5, 5.41) is 7.92. The predicted octanol–water partition coefficient (Wildman–Crippen LogP) is 5.49. The van der Waals surface area contributed by atoms with Crippen LogP contribution in [0.15, 0.2) is 42.5 Å². The number of nitrogens with one attached hydrogen (secondary N) is 1. The number of para-hydroxylation sites is 1. The lowest BCUT2D eigenvalue weighted by atomic mass is 9.87. The first kappa shape index (κ1) is 27.8. The van der Waals surface area contributed by atoms with Crippen LogP contribution < -0.4 is 15.0 Å². The minimum Gasteiger partial charge on any atom is -0.496 e. The van der Waals surface area contributed by atoms with Crippen molar-refractivity contribution >= 4 is 29.4 Å². The quantitative estimate of drug-likeness (QED) is 0.434. The van der Waals surface area contributed by atoms with E-state index in [9.17, 15) is 9.59 Å². The number of ether oxygens (including phenoxy) is 1. The first-order valence-electron chi connectivity index (χ1n) is 13.1. The lowest BCUT2D eigenvalue weighted by Gasteiger charge is -2.25. The number of amides is 2. The van der Waals surface area contributed by atoms with Gasteiger partial charge in [0.2, 0.25) is 11.8 Å². The number of benzene rings is 2. The van der Waals surface area contributed by atoms with Gasteiger partial charge in [0.15, 0.2) is 0 Å². The molecule has 0 fully saturated rings. The molecule has 3 aromatic rings. The summed E-state index contributed by atoms with van der Waals surface area (Å²) in [6.45, 7) is 13.0. The van der Waals surface area contributed by atoms with Gasteiger partial charge in [-0.2, -0.15) is 5.10 Å². The Labute approximate surface area is 229 Å². The van der Waals surface area contributed by atoms with Crippen LogP contribution in [-0.2, 0) is 15.0 Å². The first-order chi connectivity index (χ1) is 18.1. The highest BCUT2D eigenvalue weighted by atomic mass is 32.2. The Morgan fingerprint density at radius 3 is 2.58 bits per heavy atom. The van der Waals surface area contributed by atoms with E-state index in [2.05, 4.69) is 58.1 Å². The maximum Gasteiger partial charge on any atom is 0.240 e. The molecule has 1 aliphatic rings. The summed E-state index contributed by atoms with van der Waals surface area (Å²) in [5.41, 5.74) is 5.58. The van der Waals surface area contributed by atoms with Crippen molar-refractivity contribution in [3.63, 3.8) is 0 Å². The molecule has 1 aromatic heterocycles. The second-order valence-corrected chi connectivity index (χ2v) is 11.9. The fourth-order valence-electron chi connectivity index (χ4n) is 4.88. The number of anilines is 1. The molecule has 2 heterocycles. The number of hydrogen-bond acceptors (Lipinski definition) is 5. The van der Waals surface area contributed by atoms with Crippen LogP contribution in [0.1, 0.15) is 67.3 Å². The molecule has 0 saturated heterocycles. The molecule has 1 aliphatic heterocycles. The highest BCUT2D eigenvalue weighted by Gasteiger charge is 2.40. The van der Waals surface area contributed by atoms with Crippen LogP contribution >= 0.6 is 11.8 Å². The number of fused-ring (bicyclic) bond motifs is 1. The minimum atomic E-state index is -0.321. The third kappa shape index (κ3) is 5.46. The van der Waals surface area contributed by atoms with E-state index in [1.165, 1.54) is 0 Å². The van der Waals surface area contributed by atoms with Gasteiger partial charge in [0.25, 0.3) is 0 Å². The van der Waals surface area contributed by atoms with E-state index in [0.29, 0.717) is 12.4 Å². The largest absolute Gasteiger partial charge is 0.496 e. The number of aromatic nitrogens is 2. The number of aryl methyl sites for hydroxylation is 2. The molecule has 7 nitrogen and oxygen atoms in total. The van der Waals surface area contributed by atoms with Crippen molar-refractivity contribution in [2.45, 2.75) is 58.6 Å². The molecule has 0 bridgehead atoms. The second-order valence-electron chi connectivity index (χ2n) is 10.8. The van der Waals surface area contributed by atoms with Gasteiger partial charge in [0.1, 0.15) is 18.1 Å². The number of rotatable bonds is 7. The van der Waals surface area contributed by atoms with Crippen LogP contribution in [0.25, 0.3) is 5.69 Å². The van der Waals surface area contributed by atoms with Gasteiger partial charge in [-0.25, -0.2) is 4.68 Å². The Morgan fingerprint density at radius 1 is 1.18 bits per heavy atom. The van der Waals surface area contributed by atoms with Crippen molar-refractivity contribution in [1.82, 2.24) is 15.1 Å². The van der Waals surface area contributed by atoms with E-state index in [4.69, 9.17) is 9.84 Å². The van der Waals surface area contributed by atoms with Gasteiger partial charge in [-0.15, -0.1) is 11.8 Å². The Balaban J connectivity index is 2.05. The Kier molecular flexibility index (Phi) is 8.21. The number of carbonyl (C=O) groups excluding carboxylic acids is 2. The van der Waals surface area contributed by atoms with Crippen molar-refractivity contribution in [3.05, 3.63) is 70.4 Å². The fourth-order valence-corrected chi connectivity index (χ4v) is 6.10. The molecule has 2 aromatic carbocycles. The van der Waals surface area contributed by atoms with Crippen molar-refractivity contribution in [2.24, 2.45) is 0 Å². The topological polar surface area (TPSA) is 76.5 Å². The van der Waals surface area contributed by atoms with E-state index in [1.807, 2.05) is 35.9 Å². The molecule has 8 heteroatoms. The zero-order chi connectivity index (χ0) is 27.6.